The summed E-state index contributed by atoms with van der Waals surface area (Å²) in [6.45, 7) is 0. The van der Waals surface area contributed by atoms with Crippen molar-refractivity contribution in [1.82, 2.24) is 0 Å². The fraction of sp³-hybridized carbons (Fsp3) is 0.118. The first kappa shape index (κ1) is 18.3. The molecule has 0 amide bonds. The van der Waals surface area contributed by atoms with Gasteiger partial charge in [0.15, 0.2) is 0 Å². The van der Waals surface area contributed by atoms with E-state index in [1.54, 1.807) is 0 Å². The van der Waals surface area contributed by atoms with Crippen molar-refractivity contribution >= 4 is 17.1 Å². The summed E-state index contributed by atoms with van der Waals surface area (Å²) in [4.78, 5) is 2.65. The first-order valence-electron chi connectivity index (χ1n) is 12.7. The molecule has 2 heterocycles. The molecule has 5 aromatic rings. The van der Waals surface area contributed by atoms with Crippen LogP contribution < -0.4 is 4.90 Å². The minimum atomic E-state index is 1.02. The molecule has 5 aromatic carbocycles. The van der Waals surface area contributed by atoms with Gasteiger partial charge in [-0.3, -0.25) is 0 Å². The summed E-state index contributed by atoms with van der Waals surface area (Å²) in [7, 11) is 0. The third-order valence-corrected chi connectivity index (χ3v) is 8.76. The van der Waals surface area contributed by atoms with Crippen molar-refractivity contribution in [3.8, 4) is 22.3 Å². The molecule has 0 saturated carbocycles. The van der Waals surface area contributed by atoms with Gasteiger partial charge in [0, 0.05) is 19.3 Å². The number of nitrogens with zero attached hydrogens (tertiary/aromatic N) is 1. The van der Waals surface area contributed by atoms with E-state index in [-0.39, 0.29) is 0 Å². The van der Waals surface area contributed by atoms with E-state index in [9.17, 15) is 0 Å². The van der Waals surface area contributed by atoms with Crippen LogP contribution in [0.25, 0.3) is 22.3 Å². The zero-order chi connectivity index (χ0) is 22.7. The molecule has 1 heteroatoms. The van der Waals surface area contributed by atoms with Gasteiger partial charge in [0.2, 0.25) is 0 Å². The molecule has 1 nitrogen and oxygen atoms in total. The van der Waals surface area contributed by atoms with Gasteiger partial charge in [-0.25, -0.2) is 0 Å². The Kier molecular flexibility index (Phi) is 3.29. The third kappa shape index (κ3) is 2.24. The molecule has 0 unspecified atom stereocenters. The molecule has 0 saturated heterocycles. The van der Waals surface area contributed by atoms with Crippen LogP contribution >= 0.6 is 0 Å². The van der Waals surface area contributed by atoms with Gasteiger partial charge in [0.1, 0.15) is 0 Å². The summed E-state index contributed by atoms with van der Waals surface area (Å²) in [5, 5.41) is 0. The average molecular weight is 446 g/mol. The standard InChI is InChI=1S/C34H23N/c1-3-10-25-20(6-1)17-29-27(25)14-15-32-30(29)19-23-9-5-8-22-16-24-12-13-28-26-11-4-2-7-21(26)18-31(28)34(24)35(32)33(22)23/h1-15H,16-19H2. The van der Waals surface area contributed by atoms with Crippen LogP contribution in [0, 0.1) is 0 Å². The Labute approximate surface area is 205 Å². The number of hydrogen-bond donors (Lipinski definition) is 0. The van der Waals surface area contributed by atoms with Crippen molar-refractivity contribution in [2.24, 2.45) is 0 Å². The smallest absolute Gasteiger partial charge is 0.0538 e. The Bertz CT molecular complexity index is 1760. The SMILES string of the molecule is c1ccc2c(c1)Cc1c-2ccc2c1Cc1cccc3c1N2c1c(ccc2c1Cc1ccccc1-2)C3. The minimum absolute atomic E-state index is 1.02. The third-order valence-electron chi connectivity index (χ3n) is 8.76. The van der Waals surface area contributed by atoms with E-state index in [4.69, 9.17) is 0 Å². The van der Waals surface area contributed by atoms with Crippen LogP contribution in [0.2, 0.25) is 0 Å². The van der Waals surface area contributed by atoms with E-state index in [2.05, 4.69) is 95.9 Å². The number of anilines is 3. The largest absolute Gasteiger partial charge is 0.309 e. The van der Waals surface area contributed by atoms with Gasteiger partial charge in [-0.1, -0.05) is 84.9 Å². The molecule has 0 atom stereocenters. The van der Waals surface area contributed by atoms with Crippen LogP contribution in [-0.2, 0) is 25.7 Å². The molecule has 0 spiro atoms. The monoisotopic (exact) mass is 445 g/mol. The fourth-order valence-electron chi connectivity index (χ4n) is 7.30. The maximum Gasteiger partial charge on any atom is 0.0538 e. The van der Waals surface area contributed by atoms with Crippen molar-refractivity contribution in [3.05, 3.63) is 136 Å². The number of benzene rings is 5. The van der Waals surface area contributed by atoms with Crippen molar-refractivity contribution < 1.29 is 0 Å². The summed E-state index contributed by atoms with van der Waals surface area (Å²) < 4.78 is 0. The summed E-state index contributed by atoms with van der Waals surface area (Å²) >= 11 is 0. The quantitative estimate of drug-likeness (QED) is 0.228. The Balaban J connectivity index is 1.33. The highest BCUT2D eigenvalue weighted by atomic mass is 15.2. The summed E-state index contributed by atoms with van der Waals surface area (Å²) in [5.41, 5.74) is 21.8. The molecule has 2 aliphatic heterocycles. The second-order valence-electron chi connectivity index (χ2n) is 10.5. The van der Waals surface area contributed by atoms with Gasteiger partial charge in [0.05, 0.1) is 17.1 Å². The van der Waals surface area contributed by atoms with Crippen molar-refractivity contribution in [1.29, 1.82) is 0 Å². The highest BCUT2D eigenvalue weighted by molar-refractivity contribution is 5.96. The minimum Gasteiger partial charge on any atom is -0.309 e. The summed E-state index contributed by atoms with van der Waals surface area (Å²) in [5.74, 6) is 0. The molecular weight excluding hydrogens is 422 g/mol. The van der Waals surface area contributed by atoms with Crippen LogP contribution in [0.4, 0.5) is 17.1 Å². The Morgan fingerprint density at radius 2 is 0.943 bits per heavy atom. The maximum atomic E-state index is 2.65. The van der Waals surface area contributed by atoms with E-state index < -0.39 is 0 Å². The van der Waals surface area contributed by atoms with Gasteiger partial charge in [0.25, 0.3) is 0 Å². The van der Waals surface area contributed by atoms with Crippen molar-refractivity contribution in [2.45, 2.75) is 25.7 Å². The molecule has 4 aliphatic rings. The normalized spacial score (nSPS) is 14.9. The van der Waals surface area contributed by atoms with E-state index in [0.29, 0.717) is 0 Å². The average Bonchev–Trinajstić information content (AvgIpc) is 3.47. The Hall–Kier alpha value is -4.10. The first-order valence-corrected chi connectivity index (χ1v) is 12.7. The molecule has 0 radical (unpaired) electrons. The lowest BCUT2D eigenvalue weighted by Crippen LogP contribution is -2.26. The molecular formula is C34H23N. The van der Waals surface area contributed by atoms with Crippen LogP contribution in [0.15, 0.2) is 91.0 Å². The van der Waals surface area contributed by atoms with Gasteiger partial charge < -0.3 is 4.90 Å². The molecule has 0 fully saturated rings. The van der Waals surface area contributed by atoms with Gasteiger partial charge in [-0.05, 0) is 79.2 Å². The van der Waals surface area contributed by atoms with E-state index >= 15 is 0 Å². The highest BCUT2D eigenvalue weighted by Gasteiger charge is 2.37. The molecule has 2 aliphatic carbocycles. The highest BCUT2D eigenvalue weighted by Crippen LogP contribution is 2.56. The molecule has 0 aromatic heterocycles. The lowest BCUT2D eigenvalue weighted by atomic mass is 9.82. The molecule has 0 bridgehead atoms. The number of fused-ring (bicyclic) bond motifs is 12. The predicted molar refractivity (Wildman–Crippen MR) is 143 cm³/mol. The van der Waals surface area contributed by atoms with Crippen LogP contribution in [-0.4, -0.2) is 0 Å². The zero-order valence-electron chi connectivity index (χ0n) is 19.4. The van der Waals surface area contributed by atoms with Gasteiger partial charge >= 0.3 is 0 Å². The predicted octanol–water partition coefficient (Wildman–Crippen LogP) is 8.11. The fourth-order valence-corrected chi connectivity index (χ4v) is 7.30. The number of para-hydroxylation sites is 1. The van der Waals surface area contributed by atoms with Gasteiger partial charge in [-0.2, -0.15) is 0 Å². The summed E-state index contributed by atoms with van der Waals surface area (Å²) in [6, 6.07) is 34.4. The van der Waals surface area contributed by atoms with E-state index in [0.717, 1.165) is 25.7 Å². The molecule has 164 valence electrons. The second kappa shape index (κ2) is 6.31. The van der Waals surface area contributed by atoms with Crippen LogP contribution in [0.1, 0.15) is 44.5 Å². The number of rotatable bonds is 0. The van der Waals surface area contributed by atoms with Crippen molar-refractivity contribution in [3.63, 3.8) is 0 Å². The first-order chi connectivity index (χ1) is 17.3. The number of hydrogen-bond acceptors (Lipinski definition) is 1. The maximum absolute atomic E-state index is 2.65. The van der Waals surface area contributed by atoms with Crippen molar-refractivity contribution in [2.75, 3.05) is 4.90 Å². The summed E-state index contributed by atoms with van der Waals surface area (Å²) in [6.07, 6.45) is 4.11. The van der Waals surface area contributed by atoms with Crippen LogP contribution in [0.5, 0.6) is 0 Å². The van der Waals surface area contributed by atoms with Crippen LogP contribution in [0.3, 0.4) is 0 Å². The molecule has 35 heavy (non-hydrogen) atoms. The topological polar surface area (TPSA) is 3.24 Å². The lowest BCUT2D eigenvalue weighted by molar-refractivity contribution is 0.988. The van der Waals surface area contributed by atoms with E-state index in [1.165, 1.54) is 83.8 Å². The lowest BCUT2D eigenvalue weighted by Gasteiger charge is -2.41. The Morgan fingerprint density at radius 3 is 1.74 bits per heavy atom. The zero-order valence-corrected chi connectivity index (χ0v) is 19.4. The Morgan fingerprint density at radius 1 is 0.371 bits per heavy atom. The molecule has 9 rings (SSSR count). The van der Waals surface area contributed by atoms with E-state index in [1.807, 2.05) is 0 Å². The van der Waals surface area contributed by atoms with Gasteiger partial charge in [-0.15, -0.1) is 0 Å². The second-order valence-corrected chi connectivity index (χ2v) is 10.5. The molecule has 0 N–H and O–H groups in total.